The van der Waals surface area contributed by atoms with Gasteiger partial charge in [0.05, 0.1) is 18.1 Å². The van der Waals surface area contributed by atoms with Crippen molar-refractivity contribution in [1.29, 1.82) is 0 Å². The maximum absolute atomic E-state index is 9.67. The van der Waals surface area contributed by atoms with Crippen molar-refractivity contribution in [3.8, 4) is 0 Å². The van der Waals surface area contributed by atoms with Gasteiger partial charge in [0.1, 0.15) is 0 Å². The van der Waals surface area contributed by atoms with Gasteiger partial charge in [-0.2, -0.15) is 0 Å². The summed E-state index contributed by atoms with van der Waals surface area (Å²) >= 11 is 0. The molecule has 0 spiro atoms. The van der Waals surface area contributed by atoms with Gasteiger partial charge in [-0.3, -0.25) is 0 Å². The van der Waals surface area contributed by atoms with Crippen LogP contribution in [0, 0.1) is 0 Å². The molecule has 1 aromatic rings. The van der Waals surface area contributed by atoms with Crippen molar-refractivity contribution >= 4 is 0 Å². The van der Waals surface area contributed by atoms with Gasteiger partial charge in [0.2, 0.25) is 0 Å². The molecule has 0 aliphatic carbocycles. The van der Waals surface area contributed by atoms with Gasteiger partial charge in [-0.15, -0.1) is 0 Å². The van der Waals surface area contributed by atoms with Crippen LogP contribution in [0.5, 0.6) is 0 Å². The standard InChI is InChI=1S/C9H15NO2/c1-9(2,12)7(6-11)8-4-3-5-10-8/h3-5,7,10-12H,6H2,1-2H3. The van der Waals surface area contributed by atoms with Gasteiger partial charge in [0.15, 0.2) is 0 Å². The first-order chi connectivity index (χ1) is 5.55. The zero-order chi connectivity index (χ0) is 9.19. The van der Waals surface area contributed by atoms with E-state index in [0.29, 0.717) is 0 Å². The van der Waals surface area contributed by atoms with Gasteiger partial charge >= 0.3 is 0 Å². The molecule has 3 nitrogen and oxygen atoms in total. The minimum absolute atomic E-state index is 0.0516. The third kappa shape index (κ3) is 1.87. The molecule has 1 atom stereocenters. The van der Waals surface area contributed by atoms with Crippen LogP contribution in [0.2, 0.25) is 0 Å². The van der Waals surface area contributed by atoms with Crippen LogP contribution in [0.25, 0.3) is 0 Å². The molecule has 0 radical (unpaired) electrons. The highest BCUT2D eigenvalue weighted by atomic mass is 16.3. The van der Waals surface area contributed by atoms with Gasteiger partial charge in [-0.1, -0.05) is 0 Å². The van der Waals surface area contributed by atoms with E-state index in [4.69, 9.17) is 5.11 Å². The highest BCUT2D eigenvalue weighted by molar-refractivity contribution is 5.13. The molecule has 3 heteroatoms. The zero-order valence-electron chi connectivity index (χ0n) is 7.41. The molecule has 3 N–H and O–H groups in total. The lowest BCUT2D eigenvalue weighted by Crippen LogP contribution is -2.31. The molecule has 1 rings (SSSR count). The van der Waals surface area contributed by atoms with Gasteiger partial charge in [-0.05, 0) is 26.0 Å². The average Bonchev–Trinajstić information content (AvgIpc) is 2.38. The molecule has 1 aromatic heterocycles. The van der Waals surface area contributed by atoms with Crippen molar-refractivity contribution in [2.75, 3.05) is 6.61 Å². The number of hydrogen-bond acceptors (Lipinski definition) is 2. The summed E-state index contributed by atoms with van der Waals surface area (Å²) in [5, 5.41) is 18.7. The molecule has 0 aliphatic rings. The molecule has 1 heterocycles. The summed E-state index contributed by atoms with van der Waals surface area (Å²) in [4.78, 5) is 2.97. The van der Waals surface area contributed by atoms with Crippen molar-refractivity contribution in [2.45, 2.75) is 25.4 Å². The average molecular weight is 169 g/mol. The molecular weight excluding hydrogens is 154 g/mol. The van der Waals surface area contributed by atoms with E-state index in [1.807, 2.05) is 12.1 Å². The van der Waals surface area contributed by atoms with Gasteiger partial charge in [0, 0.05) is 11.9 Å². The van der Waals surface area contributed by atoms with E-state index in [-0.39, 0.29) is 12.5 Å². The Morgan fingerprint density at radius 1 is 1.58 bits per heavy atom. The van der Waals surface area contributed by atoms with E-state index in [1.54, 1.807) is 20.0 Å². The predicted molar refractivity (Wildman–Crippen MR) is 46.9 cm³/mol. The molecule has 0 amide bonds. The second-order valence-corrected chi connectivity index (χ2v) is 3.51. The van der Waals surface area contributed by atoms with Crippen LogP contribution in [-0.4, -0.2) is 27.4 Å². The number of aliphatic hydroxyl groups is 2. The maximum atomic E-state index is 9.67. The van der Waals surface area contributed by atoms with E-state index >= 15 is 0 Å². The monoisotopic (exact) mass is 169 g/mol. The summed E-state index contributed by atoms with van der Waals surface area (Å²) in [6.45, 7) is 3.33. The Morgan fingerprint density at radius 2 is 2.25 bits per heavy atom. The van der Waals surface area contributed by atoms with Crippen molar-refractivity contribution in [2.24, 2.45) is 0 Å². The molecular formula is C9H15NO2. The number of rotatable bonds is 3. The minimum atomic E-state index is -0.889. The third-order valence-corrected chi connectivity index (χ3v) is 2.03. The fourth-order valence-corrected chi connectivity index (χ4v) is 1.26. The lowest BCUT2D eigenvalue weighted by molar-refractivity contribution is 0.0259. The normalized spacial score (nSPS) is 14.7. The highest BCUT2D eigenvalue weighted by Gasteiger charge is 2.28. The van der Waals surface area contributed by atoms with E-state index in [2.05, 4.69) is 4.98 Å². The third-order valence-electron chi connectivity index (χ3n) is 2.03. The lowest BCUT2D eigenvalue weighted by Gasteiger charge is -2.26. The molecule has 0 saturated carbocycles. The van der Waals surface area contributed by atoms with Crippen molar-refractivity contribution in [3.63, 3.8) is 0 Å². The first kappa shape index (κ1) is 9.29. The number of aromatic nitrogens is 1. The Hall–Kier alpha value is -0.800. The number of H-pyrrole nitrogens is 1. The fraction of sp³-hybridized carbons (Fsp3) is 0.556. The first-order valence-electron chi connectivity index (χ1n) is 4.02. The Kier molecular flexibility index (Phi) is 2.55. The first-order valence-corrected chi connectivity index (χ1v) is 4.02. The quantitative estimate of drug-likeness (QED) is 0.628. The summed E-state index contributed by atoms with van der Waals surface area (Å²) < 4.78 is 0. The number of nitrogens with one attached hydrogen (secondary N) is 1. The van der Waals surface area contributed by atoms with E-state index in [1.165, 1.54) is 0 Å². The van der Waals surface area contributed by atoms with Crippen LogP contribution in [0.4, 0.5) is 0 Å². The lowest BCUT2D eigenvalue weighted by atomic mass is 9.89. The van der Waals surface area contributed by atoms with Crippen LogP contribution in [0.3, 0.4) is 0 Å². The van der Waals surface area contributed by atoms with Gasteiger partial charge in [-0.25, -0.2) is 0 Å². The summed E-state index contributed by atoms with van der Waals surface area (Å²) in [7, 11) is 0. The molecule has 0 aliphatic heterocycles. The predicted octanol–water partition coefficient (Wildman–Crippen LogP) is 0.861. The number of hydrogen-bond donors (Lipinski definition) is 3. The van der Waals surface area contributed by atoms with E-state index in [0.717, 1.165) is 5.69 Å². The summed E-state index contributed by atoms with van der Waals surface area (Å²) in [6.07, 6.45) is 1.78. The molecule has 12 heavy (non-hydrogen) atoms. The number of aromatic amines is 1. The van der Waals surface area contributed by atoms with Crippen molar-refractivity contribution in [3.05, 3.63) is 24.0 Å². The molecule has 0 saturated heterocycles. The minimum Gasteiger partial charge on any atom is -0.396 e. The van der Waals surface area contributed by atoms with Crippen LogP contribution in [-0.2, 0) is 0 Å². The smallest absolute Gasteiger partial charge is 0.0696 e. The number of aliphatic hydroxyl groups excluding tert-OH is 1. The fourth-order valence-electron chi connectivity index (χ4n) is 1.26. The van der Waals surface area contributed by atoms with E-state index in [9.17, 15) is 5.11 Å². The largest absolute Gasteiger partial charge is 0.396 e. The second-order valence-electron chi connectivity index (χ2n) is 3.51. The zero-order valence-corrected chi connectivity index (χ0v) is 7.41. The van der Waals surface area contributed by atoms with Crippen molar-refractivity contribution in [1.82, 2.24) is 4.98 Å². The topological polar surface area (TPSA) is 56.2 Å². The maximum Gasteiger partial charge on any atom is 0.0696 e. The van der Waals surface area contributed by atoms with Crippen LogP contribution < -0.4 is 0 Å². The summed E-state index contributed by atoms with van der Waals surface area (Å²) in [6, 6.07) is 3.71. The molecule has 1 unspecified atom stereocenters. The van der Waals surface area contributed by atoms with Crippen LogP contribution in [0.1, 0.15) is 25.5 Å². The highest BCUT2D eigenvalue weighted by Crippen LogP contribution is 2.25. The SMILES string of the molecule is CC(C)(O)C(CO)c1ccc[nH]1. The van der Waals surface area contributed by atoms with Crippen LogP contribution in [0.15, 0.2) is 18.3 Å². The van der Waals surface area contributed by atoms with Gasteiger partial charge < -0.3 is 15.2 Å². The molecule has 0 fully saturated rings. The van der Waals surface area contributed by atoms with Crippen LogP contribution >= 0.6 is 0 Å². The van der Waals surface area contributed by atoms with E-state index < -0.39 is 5.60 Å². The Balaban J connectivity index is 2.84. The van der Waals surface area contributed by atoms with Crippen molar-refractivity contribution < 1.29 is 10.2 Å². The Morgan fingerprint density at radius 3 is 2.58 bits per heavy atom. The summed E-state index contributed by atoms with van der Waals surface area (Å²) in [5.74, 6) is -0.243. The van der Waals surface area contributed by atoms with Gasteiger partial charge in [0.25, 0.3) is 0 Å². The molecule has 0 aromatic carbocycles. The second kappa shape index (κ2) is 3.29. The Bertz CT molecular complexity index is 223. The molecule has 0 bridgehead atoms. The summed E-state index contributed by atoms with van der Waals surface area (Å²) in [5.41, 5.74) is -0.0235. The molecule has 68 valence electrons. The Labute approximate surface area is 72.1 Å².